The van der Waals surface area contributed by atoms with Crippen molar-refractivity contribution in [2.75, 3.05) is 13.2 Å². The first-order chi connectivity index (χ1) is 21.0. The first kappa shape index (κ1) is 32.2. The minimum Gasteiger partial charge on any atom is -0.465 e. The molecule has 13 atom stereocenters. The summed E-state index contributed by atoms with van der Waals surface area (Å²) >= 11 is 0. The molecule has 248 valence electrons. The molecule has 4 aliphatic carbocycles. The van der Waals surface area contributed by atoms with Crippen LogP contribution in [-0.4, -0.2) is 72.7 Å². The van der Waals surface area contributed by atoms with Crippen molar-refractivity contribution >= 4 is 23.9 Å². The molecule has 0 spiro atoms. The molecule has 10 heteroatoms. The Bertz CT molecular complexity index is 1370. The predicted octanol–water partition coefficient (Wildman–Crippen LogP) is 4.08. The van der Waals surface area contributed by atoms with Gasteiger partial charge in [-0.1, -0.05) is 45.4 Å². The largest absolute Gasteiger partial charge is 0.465 e. The van der Waals surface area contributed by atoms with E-state index >= 15 is 0 Å². The number of cyclic esters (lactones) is 1. The third kappa shape index (κ3) is 4.33. The van der Waals surface area contributed by atoms with Gasteiger partial charge in [0.25, 0.3) is 0 Å². The third-order valence-corrected chi connectivity index (χ3v) is 13.2. The number of rotatable bonds is 5. The summed E-state index contributed by atoms with van der Waals surface area (Å²) in [6, 6.07) is 0. The van der Waals surface area contributed by atoms with Crippen LogP contribution in [0.3, 0.4) is 0 Å². The number of hydrogen-bond acceptors (Lipinski definition) is 10. The first-order valence-corrected chi connectivity index (χ1v) is 16.4. The van der Waals surface area contributed by atoms with Crippen molar-refractivity contribution in [1.29, 1.82) is 0 Å². The molecule has 2 saturated heterocycles. The zero-order valence-electron chi connectivity index (χ0n) is 27.7. The second-order valence-electron chi connectivity index (χ2n) is 15.3. The Morgan fingerprint density at radius 1 is 0.978 bits per heavy atom. The van der Waals surface area contributed by atoms with Crippen molar-refractivity contribution in [2.45, 2.75) is 112 Å². The minimum atomic E-state index is -0.824. The molecule has 0 bridgehead atoms. The number of carbonyl (C=O) groups excluding carboxylic acids is 4. The summed E-state index contributed by atoms with van der Waals surface area (Å²) in [6.45, 7) is 15.3. The van der Waals surface area contributed by atoms with Crippen molar-refractivity contribution in [1.82, 2.24) is 0 Å². The monoisotopic (exact) mass is 628 g/mol. The molecule has 0 aromatic rings. The number of carbonyl (C=O) groups is 4. The molecular formula is C35H48O10. The summed E-state index contributed by atoms with van der Waals surface area (Å²) in [5.74, 6) is -2.24. The average Bonchev–Trinajstić information content (AvgIpc) is 3.66. The van der Waals surface area contributed by atoms with Crippen molar-refractivity contribution in [3.8, 4) is 0 Å². The standard InChI is InChI=1S/C35H48O10/c1-9-17(2)31(40)45-30-28-29-32(5,16-42-28)24(38)14-26(44-19(4)37)35(29,8)23-13-25(43-18(3)36)33(6)21(20-12-27(39)41-15-20)10-11-22(33)34(23,30)7/h9,11,20-21,23-26,28-30,38H,10,12-16H2,1-8H3/b17-9-/t20?,21-,23-,24+,25-,26-,28+,29-,30+,32+,33-,34-,35-/m0/s1. The van der Waals surface area contributed by atoms with Crippen LogP contribution >= 0.6 is 0 Å². The molecule has 0 aromatic carbocycles. The molecule has 2 aliphatic heterocycles. The van der Waals surface area contributed by atoms with Crippen molar-refractivity contribution in [3.05, 3.63) is 23.3 Å². The van der Waals surface area contributed by atoms with Crippen LogP contribution in [-0.2, 0) is 42.9 Å². The van der Waals surface area contributed by atoms with E-state index in [1.54, 1.807) is 19.9 Å². The maximum Gasteiger partial charge on any atom is 0.333 e. The summed E-state index contributed by atoms with van der Waals surface area (Å²) in [5.41, 5.74) is -1.45. The van der Waals surface area contributed by atoms with Crippen LogP contribution in [0.2, 0.25) is 0 Å². The maximum absolute atomic E-state index is 13.6. The second-order valence-corrected chi connectivity index (χ2v) is 15.3. The third-order valence-electron chi connectivity index (χ3n) is 13.2. The highest BCUT2D eigenvalue weighted by Gasteiger charge is 2.79. The van der Waals surface area contributed by atoms with Gasteiger partial charge in [0, 0.05) is 59.3 Å². The number of allylic oxidation sites excluding steroid dienone is 2. The number of fused-ring (bicyclic) bond motifs is 4. The van der Waals surface area contributed by atoms with Crippen LogP contribution in [0.1, 0.15) is 81.1 Å². The quantitative estimate of drug-likeness (QED) is 0.205. The van der Waals surface area contributed by atoms with E-state index in [0.29, 0.717) is 31.4 Å². The van der Waals surface area contributed by atoms with Crippen LogP contribution < -0.4 is 0 Å². The molecule has 0 radical (unpaired) electrons. The number of aliphatic hydroxyl groups is 1. The van der Waals surface area contributed by atoms with Gasteiger partial charge in [0.2, 0.25) is 0 Å². The van der Waals surface area contributed by atoms with Gasteiger partial charge in [-0.2, -0.15) is 0 Å². The van der Waals surface area contributed by atoms with Gasteiger partial charge >= 0.3 is 23.9 Å². The average molecular weight is 629 g/mol. The molecule has 0 aromatic heterocycles. The molecule has 2 heterocycles. The highest BCUT2D eigenvalue weighted by Crippen LogP contribution is 2.76. The van der Waals surface area contributed by atoms with Gasteiger partial charge in [0.1, 0.15) is 18.3 Å². The lowest BCUT2D eigenvalue weighted by molar-refractivity contribution is -0.274. The molecule has 5 fully saturated rings. The number of esters is 4. The topological polar surface area (TPSA) is 135 Å². The van der Waals surface area contributed by atoms with Crippen molar-refractivity contribution < 1.29 is 48.0 Å². The van der Waals surface area contributed by atoms with Crippen molar-refractivity contribution in [3.63, 3.8) is 0 Å². The zero-order chi connectivity index (χ0) is 32.9. The zero-order valence-corrected chi connectivity index (χ0v) is 27.7. The lowest BCUT2D eigenvalue weighted by Gasteiger charge is -2.70. The number of aliphatic hydroxyl groups excluding tert-OH is 1. The lowest BCUT2D eigenvalue weighted by Crippen LogP contribution is -2.74. The SMILES string of the molecule is C/C=C(/C)C(=O)O[C@@H]1[C@@H]2OC[C@]3(C)[C@H](O)C[C@H](OC(C)=O)[C@@](C)([C@@H]23)[C@H]2C[C@H](OC(C)=O)[C@]3(C)C(=CC[C@H]3C3COC(=O)C3)[C@]12C. The smallest absolute Gasteiger partial charge is 0.333 e. The van der Waals surface area contributed by atoms with Crippen LogP contribution in [0, 0.1) is 45.3 Å². The summed E-state index contributed by atoms with van der Waals surface area (Å²) in [7, 11) is 0. The highest BCUT2D eigenvalue weighted by atomic mass is 16.6. The van der Waals surface area contributed by atoms with E-state index in [9.17, 15) is 24.3 Å². The van der Waals surface area contributed by atoms with Crippen molar-refractivity contribution in [2.24, 2.45) is 45.3 Å². The van der Waals surface area contributed by atoms with Gasteiger partial charge in [0.05, 0.1) is 31.8 Å². The Morgan fingerprint density at radius 3 is 2.24 bits per heavy atom. The van der Waals surface area contributed by atoms with Crippen LogP contribution in [0.4, 0.5) is 0 Å². The fourth-order valence-electron chi connectivity index (χ4n) is 11.2. The fourth-order valence-corrected chi connectivity index (χ4v) is 11.2. The van der Waals surface area contributed by atoms with E-state index in [1.807, 2.05) is 6.92 Å². The van der Waals surface area contributed by atoms with Gasteiger partial charge in [0.15, 0.2) is 0 Å². The fraction of sp³-hybridized carbons (Fsp3) is 0.771. The summed E-state index contributed by atoms with van der Waals surface area (Å²) < 4.78 is 30.9. The van der Waals surface area contributed by atoms with Gasteiger partial charge in [-0.05, 0) is 38.5 Å². The molecule has 45 heavy (non-hydrogen) atoms. The lowest BCUT2D eigenvalue weighted by atomic mass is 9.35. The predicted molar refractivity (Wildman–Crippen MR) is 160 cm³/mol. The number of ether oxygens (including phenoxy) is 5. The van der Waals surface area contributed by atoms with E-state index in [1.165, 1.54) is 13.8 Å². The Balaban J connectivity index is 1.57. The normalized spacial score (nSPS) is 48.4. The molecule has 6 aliphatic rings. The summed E-state index contributed by atoms with van der Waals surface area (Å²) in [6.07, 6.45) is 2.20. The maximum atomic E-state index is 13.6. The van der Waals surface area contributed by atoms with E-state index in [0.717, 1.165) is 5.57 Å². The molecule has 1 unspecified atom stereocenters. The Labute approximate surface area is 265 Å². The van der Waals surface area contributed by atoms with Crippen LogP contribution in [0.5, 0.6) is 0 Å². The van der Waals surface area contributed by atoms with E-state index < -0.39 is 70.1 Å². The van der Waals surface area contributed by atoms with Gasteiger partial charge in [-0.3, -0.25) is 14.4 Å². The molecule has 0 amide bonds. The summed E-state index contributed by atoms with van der Waals surface area (Å²) in [4.78, 5) is 51.2. The van der Waals surface area contributed by atoms with E-state index in [-0.39, 0.29) is 42.7 Å². The molecule has 6 rings (SSSR count). The van der Waals surface area contributed by atoms with E-state index in [2.05, 4.69) is 26.8 Å². The Morgan fingerprint density at radius 2 is 1.64 bits per heavy atom. The van der Waals surface area contributed by atoms with E-state index in [4.69, 9.17) is 23.7 Å². The number of hydrogen-bond donors (Lipinski definition) is 1. The second kappa shape index (κ2) is 10.7. The molecular weight excluding hydrogens is 580 g/mol. The minimum absolute atomic E-state index is 0.0487. The molecule has 10 nitrogen and oxygen atoms in total. The Kier molecular flexibility index (Phi) is 7.63. The van der Waals surface area contributed by atoms with Gasteiger partial charge < -0.3 is 28.8 Å². The first-order valence-electron chi connectivity index (χ1n) is 16.4. The summed E-state index contributed by atoms with van der Waals surface area (Å²) in [5, 5.41) is 11.6. The molecule has 3 saturated carbocycles. The highest BCUT2D eigenvalue weighted by molar-refractivity contribution is 5.88. The van der Waals surface area contributed by atoms with Gasteiger partial charge in [-0.15, -0.1) is 0 Å². The van der Waals surface area contributed by atoms with Gasteiger partial charge in [-0.25, -0.2) is 4.79 Å². The molecule has 1 N–H and O–H groups in total. The van der Waals surface area contributed by atoms with Crippen LogP contribution in [0.25, 0.3) is 0 Å². The Hall–Kier alpha value is -2.72. The van der Waals surface area contributed by atoms with Crippen LogP contribution in [0.15, 0.2) is 23.3 Å².